The molecule has 2 aliphatic carbocycles. The van der Waals surface area contributed by atoms with Crippen LogP contribution < -0.4 is 14.8 Å². The number of thiazole rings is 1. The molecule has 0 radical (unpaired) electrons. The maximum Gasteiger partial charge on any atom is 0.225 e. The van der Waals surface area contributed by atoms with Crippen molar-refractivity contribution in [1.29, 1.82) is 0 Å². The van der Waals surface area contributed by atoms with Gasteiger partial charge < -0.3 is 24.8 Å². The van der Waals surface area contributed by atoms with Crippen molar-refractivity contribution in [3.8, 4) is 11.5 Å². The van der Waals surface area contributed by atoms with Crippen molar-refractivity contribution < 1.29 is 19.4 Å². The van der Waals surface area contributed by atoms with Crippen LogP contribution in [0.4, 0.5) is 10.8 Å². The van der Waals surface area contributed by atoms with Gasteiger partial charge in [-0.2, -0.15) is 0 Å². The van der Waals surface area contributed by atoms with Gasteiger partial charge in [-0.25, -0.2) is 4.98 Å². The molecule has 0 spiro atoms. The lowest BCUT2D eigenvalue weighted by molar-refractivity contribution is -0.144. The molecule has 2 aliphatic rings. The molecule has 6 atom stereocenters. The molecule has 36 heavy (non-hydrogen) atoms. The van der Waals surface area contributed by atoms with Gasteiger partial charge >= 0.3 is 0 Å². The lowest BCUT2D eigenvalue weighted by Crippen LogP contribution is -2.53. The van der Waals surface area contributed by atoms with Crippen LogP contribution in [0.2, 0.25) is 0 Å². The number of nitrogens with one attached hydrogen (secondary N) is 1. The Morgan fingerprint density at radius 1 is 1.31 bits per heavy atom. The highest BCUT2D eigenvalue weighted by Crippen LogP contribution is 2.57. The third-order valence-electron chi connectivity index (χ3n) is 8.68. The molecule has 8 heteroatoms. The Morgan fingerprint density at radius 2 is 2.03 bits per heavy atom. The van der Waals surface area contributed by atoms with Crippen LogP contribution >= 0.6 is 11.3 Å². The Hall–Kier alpha value is -2.32. The van der Waals surface area contributed by atoms with E-state index < -0.39 is 6.10 Å². The van der Waals surface area contributed by atoms with Crippen molar-refractivity contribution in [3.05, 3.63) is 28.8 Å². The minimum Gasteiger partial charge on any atom is -0.497 e. The number of amides is 1. The summed E-state index contributed by atoms with van der Waals surface area (Å²) in [6, 6.07) is 5.66. The van der Waals surface area contributed by atoms with E-state index in [1.807, 2.05) is 43.9 Å². The van der Waals surface area contributed by atoms with E-state index >= 15 is 0 Å². The smallest absolute Gasteiger partial charge is 0.225 e. The van der Waals surface area contributed by atoms with Crippen LogP contribution in [-0.4, -0.2) is 54.3 Å². The number of benzene rings is 1. The van der Waals surface area contributed by atoms with E-state index in [0.29, 0.717) is 13.1 Å². The first-order valence-electron chi connectivity index (χ1n) is 13.1. The minimum atomic E-state index is -0.530. The molecule has 1 heterocycles. The Kier molecular flexibility index (Phi) is 7.86. The first kappa shape index (κ1) is 26.7. The summed E-state index contributed by atoms with van der Waals surface area (Å²) in [7, 11) is 3.30. The molecule has 7 nitrogen and oxygen atoms in total. The van der Waals surface area contributed by atoms with Gasteiger partial charge in [0.15, 0.2) is 5.13 Å². The lowest BCUT2D eigenvalue weighted by atomic mass is 9.53. The number of rotatable bonds is 8. The molecule has 0 aliphatic heterocycles. The summed E-state index contributed by atoms with van der Waals surface area (Å²) < 4.78 is 10.9. The highest BCUT2D eigenvalue weighted by atomic mass is 32.1. The van der Waals surface area contributed by atoms with E-state index in [-0.39, 0.29) is 35.0 Å². The molecule has 2 aromatic rings. The maximum atomic E-state index is 13.1. The fraction of sp³-hybridized carbons (Fsp3) is 0.643. The van der Waals surface area contributed by atoms with Crippen LogP contribution in [0.1, 0.15) is 63.9 Å². The Labute approximate surface area is 219 Å². The summed E-state index contributed by atoms with van der Waals surface area (Å²) in [5.74, 6) is 1.58. The van der Waals surface area contributed by atoms with Crippen LogP contribution in [0.25, 0.3) is 0 Å². The zero-order chi connectivity index (χ0) is 26.2. The van der Waals surface area contributed by atoms with E-state index in [4.69, 9.17) is 14.5 Å². The molecular formula is C28H41N3O4S. The Balaban J connectivity index is 1.59. The number of fused-ring (bicyclic) bond motifs is 2. The van der Waals surface area contributed by atoms with E-state index in [1.165, 1.54) is 4.88 Å². The maximum absolute atomic E-state index is 13.1. The normalized spacial score (nSPS) is 28.0. The monoisotopic (exact) mass is 515 g/mol. The lowest BCUT2D eigenvalue weighted by Gasteiger charge is -2.53. The number of carbonyl (C=O) groups excluding carboxylic acids is 1. The third-order valence-corrected chi connectivity index (χ3v) is 9.66. The Bertz CT molecular complexity index is 1080. The fourth-order valence-corrected chi connectivity index (χ4v) is 7.91. The summed E-state index contributed by atoms with van der Waals surface area (Å²) in [6.07, 6.45) is 2.24. The fourth-order valence-electron chi connectivity index (χ4n) is 6.63. The van der Waals surface area contributed by atoms with Gasteiger partial charge in [0, 0.05) is 35.9 Å². The van der Waals surface area contributed by atoms with Gasteiger partial charge in [0.2, 0.25) is 5.91 Å². The predicted octanol–water partition coefficient (Wildman–Crippen LogP) is 5.46. The van der Waals surface area contributed by atoms with Crippen LogP contribution in [0.3, 0.4) is 0 Å². The second-order valence-corrected chi connectivity index (χ2v) is 11.7. The van der Waals surface area contributed by atoms with Crippen molar-refractivity contribution in [3.63, 3.8) is 0 Å². The number of aliphatic hydroxyl groups excluding tert-OH is 1. The SMILES string of the molecule is CCN(CC)C(=O)[C@@H](C)[C@H]1CC[C@]2(C)Cc3sc(Nc4cc(OC)ccc4OC)nc3[C@@H](C)[C@@H]2[C@H]1O. The molecule has 1 fully saturated rings. The molecule has 2 N–H and O–H groups in total. The first-order chi connectivity index (χ1) is 17.2. The van der Waals surface area contributed by atoms with Crippen molar-refractivity contribution in [2.75, 3.05) is 32.6 Å². The van der Waals surface area contributed by atoms with E-state index in [0.717, 1.165) is 47.3 Å². The van der Waals surface area contributed by atoms with Crippen LogP contribution in [0.5, 0.6) is 11.5 Å². The van der Waals surface area contributed by atoms with Crippen LogP contribution in [0, 0.1) is 23.2 Å². The zero-order valence-corrected chi connectivity index (χ0v) is 23.4. The van der Waals surface area contributed by atoms with Gasteiger partial charge in [0.05, 0.1) is 31.7 Å². The topological polar surface area (TPSA) is 83.9 Å². The van der Waals surface area contributed by atoms with Gasteiger partial charge in [-0.1, -0.05) is 20.8 Å². The number of anilines is 2. The average molecular weight is 516 g/mol. The summed E-state index contributed by atoms with van der Waals surface area (Å²) in [5.41, 5.74) is 1.86. The third kappa shape index (κ3) is 4.70. The van der Waals surface area contributed by atoms with Gasteiger partial charge in [0.1, 0.15) is 11.5 Å². The largest absolute Gasteiger partial charge is 0.497 e. The van der Waals surface area contributed by atoms with Gasteiger partial charge in [-0.3, -0.25) is 4.79 Å². The van der Waals surface area contributed by atoms with Crippen molar-refractivity contribution in [2.45, 2.75) is 65.9 Å². The molecule has 1 amide bonds. The number of aromatic nitrogens is 1. The molecule has 0 bridgehead atoms. The number of hydrogen-bond donors (Lipinski definition) is 2. The van der Waals surface area contributed by atoms with Crippen molar-refractivity contribution >= 4 is 28.1 Å². The van der Waals surface area contributed by atoms with Gasteiger partial charge in [-0.15, -0.1) is 11.3 Å². The number of nitrogens with zero attached hydrogens (tertiary/aromatic N) is 2. The van der Waals surface area contributed by atoms with E-state index in [1.54, 1.807) is 25.6 Å². The van der Waals surface area contributed by atoms with E-state index in [9.17, 15) is 9.90 Å². The molecule has 198 valence electrons. The Morgan fingerprint density at radius 3 is 2.67 bits per heavy atom. The molecule has 0 saturated heterocycles. The van der Waals surface area contributed by atoms with Crippen molar-refractivity contribution in [1.82, 2.24) is 9.88 Å². The minimum absolute atomic E-state index is 0.0161. The molecule has 1 aromatic heterocycles. The standard InChI is InChI=1S/C28H41N3O4S/c1-8-31(9-2)26(33)16(3)19-12-13-28(5)15-22-24(17(4)23(28)25(19)32)30-27(36-22)29-20-14-18(34-6)10-11-21(20)35-7/h10-11,14,16-17,19,23,25,32H,8-9,12-13,15H2,1-7H3,(H,29,30)/t16-,17-,19+,23+,25-,28+/m0/s1. The molecule has 4 rings (SSSR count). The summed E-state index contributed by atoms with van der Waals surface area (Å²) in [5, 5.41) is 16.0. The second-order valence-electron chi connectivity index (χ2n) is 10.7. The summed E-state index contributed by atoms with van der Waals surface area (Å²) >= 11 is 1.68. The number of carbonyl (C=O) groups is 1. The number of methoxy groups -OCH3 is 2. The number of ether oxygens (including phenoxy) is 2. The van der Waals surface area contributed by atoms with Gasteiger partial charge in [0.25, 0.3) is 0 Å². The van der Waals surface area contributed by atoms with Gasteiger partial charge in [-0.05, 0) is 62.5 Å². The highest BCUT2D eigenvalue weighted by Gasteiger charge is 2.54. The molecule has 1 saturated carbocycles. The van der Waals surface area contributed by atoms with E-state index in [2.05, 4.69) is 19.2 Å². The first-order valence-corrected chi connectivity index (χ1v) is 13.9. The molecule has 0 unspecified atom stereocenters. The van der Waals surface area contributed by atoms with Crippen molar-refractivity contribution in [2.24, 2.45) is 23.2 Å². The quantitative estimate of drug-likeness (QED) is 0.486. The zero-order valence-electron chi connectivity index (χ0n) is 22.6. The highest BCUT2D eigenvalue weighted by molar-refractivity contribution is 7.15. The average Bonchev–Trinajstić information content (AvgIpc) is 3.26. The predicted molar refractivity (Wildman–Crippen MR) is 144 cm³/mol. The number of aliphatic hydroxyl groups is 1. The second kappa shape index (κ2) is 10.6. The van der Waals surface area contributed by atoms with Crippen LogP contribution in [0.15, 0.2) is 18.2 Å². The molecular weight excluding hydrogens is 474 g/mol. The number of hydrogen-bond acceptors (Lipinski definition) is 7. The summed E-state index contributed by atoms with van der Waals surface area (Å²) in [4.78, 5) is 21.3. The van der Waals surface area contributed by atoms with Crippen LogP contribution in [-0.2, 0) is 11.2 Å². The molecule has 1 aromatic carbocycles. The summed E-state index contributed by atoms with van der Waals surface area (Å²) in [6.45, 7) is 11.9.